The van der Waals surface area contributed by atoms with Gasteiger partial charge in [0, 0.05) is 0 Å². The normalized spacial score (nSPS) is 25.3. The molecule has 2 rings (SSSR count). The van der Waals surface area contributed by atoms with Gasteiger partial charge >= 0.3 is 0 Å². The van der Waals surface area contributed by atoms with Crippen LogP contribution in [0.3, 0.4) is 0 Å². The van der Waals surface area contributed by atoms with Crippen molar-refractivity contribution in [1.29, 1.82) is 0 Å². The Balaban J connectivity index is 2.20. The van der Waals surface area contributed by atoms with E-state index in [9.17, 15) is 5.11 Å². The molecule has 0 saturated heterocycles. The van der Waals surface area contributed by atoms with Gasteiger partial charge in [-0.2, -0.15) is 0 Å². The van der Waals surface area contributed by atoms with Crippen LogP contribution in [0.2, 0.25) is 0 Å². The van der Waals surface area contributed by atoms with E-state index in [4.69, 9.17) is 0 Å². The molecule has 0 aromatic heterocycles. The predicted octanol–water partition coefficient (Wildman–Crippen LogP) is 2.61. The lowest BCUT2D eigenvalue weighted by Crippen LogP contribution is -2.00. The fraction of sp³-hybridized carbons (Fsp3) is 0.333. The lowest BCUT2D eigenvalue weighted by atomic mass is 10.1. The van der Waals surface area contributed by atoms with Gasteiger partial charge in [-0.15, -0.1) is 0 Å². The van der Waals surface area contributed by atoms with E-state index in [-0.39, 0.29) is 6.10 Å². The molecule has 1 atom stereocenters. The Kier molecular flexibility index (Phi) is 2.46. The number of rotatable bonds is 1. The highest BCUT2D eigenvalue weighted by atomic mass is 16.3. The molecule has 1 aromatic carbocycles. The SMILES string of the molecule is O[C@@H]1CCCC1=Cc1ccccc1. The Morgan fingerprint density at radius 3 is 2.62 bits per heavy atom. The van der Waals surface area contributed by atoms with Crippen molar-refractivity contribution in [2.24, 2.45) is 0 Å². The summed E-state index contributed by atoms with van der Waals surface area (Å²) in [5.41, 5.74) is 2.38. The molecule has 0 radical (unpaired) electrons. The smallest absolute Gasteiger partial charge is 0.0753 e. The van der Waals surface area contributed by atoms with Gasteiger partial charge < -0.3 is 5.11 Å². The molecule has 1 aromatic rings. The van der Waals surface area contributed by atoms with Crippen molar-refractivity contribution in [3.63, 3.8) is 0 Å². The summed E-state index contributed by atoms with van der Waals surface area (Å²) in [5.74, 6) is 0. The van der Waals surface area contributed by atoms with Crippen LogP contribution < -0.4 is 0 Å². The van der Waals surface area contributed by atoms with Gasteiger partial charge in [0.25, 0.3) is 0 Å². The van der Waals surface area contributed by atoms with Crippen LogP contribution in [-0.2, 0) is 0 Å². The third-order valence-corrected chi connectivity index (χ3v) is 2.52. The molecule has 1 heteroatoms. The topological polar surface area (TPSA) is 20.2 Å². The van der Waals surface area contributed by atoms with E-state index in [1.165, 1.54) is 11.1 Å². The van der Waals surface area contributed by atoms with Crippen molar-refractivity contribution in [3.05, 3.63) is 41.5 Å². The Morgan fingerprint density at radius 2 is 2.00 bits per heavy atom. The maximum absolute atomic E-state index is 9.58. The minimum absolute atomic E-state index is 0.194. The van der Waals surface area contributed by atoms with E-state index in [0.717, 1.165) is 19.3 Å². The zero-order valence-corrected chi connectivity index (χ0v) is 7.61. The average molecular weight is 174 g/mol. The van der Waals surface area contributed by atoms with Crippen molar-refractivity contribution in [2.75, 3.05) is 0 Å². The van der Waals surface area contributed by atoms with E-state index in [0.29, 0.717) is 0 Å². The van der Waals surface area contributed by atoms with E-state index >= 15 is 0 Å². The van der Waals surface area contributed by atoms with Crippen molar-refractivity contribution in [1.82, 2.24) is 0 Å². The van der Waals surface area contributed by atoms with Gasteiger partial charge in [0.05, 0.1) is 6.10 Å². The second-order valence-corrected chi connectivity index (χ2v) is 3.54. The molecule has 0 unspecified atom stereocenters. The Morgan fingerprint density at radius 1 is 1.23 bits per heavy atom. The van der Waals surface area contributed by atoms with Crippen LogP contribution in [-0.4, -0.2) is 11.2 Å². The van der Waals surface area contributed by atoms with Crippen LogP contribution in [0, 0.1) is 0 Å². The highest BCUT2D eigenvalue weighted by Crippen LogP contribution is 2.26. The van der Waals surface area contributed by atoms with Crippen molar-refractivity contribution in [2.45, 2.75) is 25.4 Å². The molecule has 1 nitrogen and oxygen atoms in total. The maximum Gasteiger partial charge on any atom is 0.0753 e. The van der Waals surface area contributed by atoms with Crippen LogP contribution in [0.5, 0.6) is 0 Å². The van der Waals surface area contributed by atoms with Crippen LogP contribution in [0.15, 0.2) is 35.9 Å². The molecule has 0 aliphatic heterocycles. The molecule has 0 bridgehead atoms. The van der Waals surface area contributed by atoms with Gasteiger partial charge in [-0.3, -0.25) is 0 Å². The molecule has 1 saturated carbocycles. The molecular formula is C12H14O. The van der Waals surface area contributed by atoms with Crippen molar-refractivity contribution < 1.29 is 5.11 Å². The summed E-state index contributed by atoms with van der Waals surface area (Å²) in [6.45, 7) is 0. The van der Waals surface area contributed by atoms with Gasteiger partial charge in [-0.05, 0) is 30.4 Å². The third kappa shape index (κ3) is 1.99. The highest BCUT2D eigenvalue weighted by Gasteiger charge is 2.17. The van der Waals surface area contributed by atoms with Crippen LogP contribution in [0.25, 0.3) is 6.08 Å². The summed E-state index contributed by atoms with van der Waals surface area (Å²) in [4.78, 5) is 0. The molecule has 0 heterocycles. The first-order chi connectivity index (χ1) is 6.36. The summed E-state index contributed by atoms with van der Waals surface area (Å²) in [5, 5.41) is 9.58. The number of benzene rings is 1. The van der Waals surface area contributed by atoms with Gasteiger partial charge in [0.15, 0.2) is 0 Å². The van der Waals surface area contributed by atoms with Crippen molar-refractivity contribution in [3.8, 4) is 0 Å². The molecule has 68 valence electrons. The quantitative estimate of drug-likeness (QED) is 0.694. The minimum atomic E-state index is -0.194. The molecule has 0 spiro atoms. The number of hydrogen-bond acceptors (Lipinski definition) is 1. The van der Waals surface area contributed by atoms with E-state index < -0.39 is 0 Å². The molecular weight excluding hydrogens is 160 g/mol. The van der Waals surface area contributed by atoms with Crippen LogP contribution >= 0.6 is 0 Å². The summed E-state index contributed by atoms with van der Waals surface area (Å²) < 4.78 is 0. The summed E-state index contributed by atoms with van der Waals surface area (Å²) in [6, 6.07) is 10.2. The van der Waals surface area contributed by atoms with E-state index in [1.807, 2.05) is 18.2 Å². The van der Waals surface area contributed by atoms with Crippen LogP contribution in [0.4, 0.5) is 0 Å². The van der Waals surface area contributed by atoms with E-state index in [2.05, 4.69) is 18.2 Å². The third-order valence-electron chi connectivity index (χ3n) is 2.52. The highest BCUT2D eigenvalue weighted by molar-refractivity contribution is 5.54. The molecule has 1 fully saturated rings. The van der Waals surface area contributed by atoms with Gasteiger partial charge in [0.1, 0.15) is 0 Å². The minimum Gasteiger partial charge on any atom is -0.389 e. The average Bonchev–Trinajstić information content (AvgIpc) is 2.54. The Bertz CT molecular complexity index is 300. The predicted molar refractivity (Wildman–Crippen MR) is 54.3 cm³/mol. The fourth-order valence-corrected chi connectivity index (χ4v) is 1.78. The van der Waals surface area contributed by atoms with E-state index in [1.54, 1.807) is 0 Å². The Hall–Kier alpha value is -1.08. The molecule has 1 aliphatic rings. The monoisotopic (exact) mass is 174 g/mol. The van der Waals surface area contributed by atoms with Crippen molar-refractivity contribution >= 4 is 6.08 Å². The zero-order chi connectivity index (χ0) is 9.10. The Labute approximate surface area is 78.7 Å². The lowest BCUT2D eigenvalue weighted by Gasteiger charge is -2.03. The van der Waals surface area contributed by atoms with Gasteiger partial charge in [0.2, 0.25) is 0 Å². The number of aliphatic hydroxyl groups excluding tert-OH is 1. The standard InChI is InChI=1S/C12H14O/c13-12-8-4-7-11(12)9-10-5-2-1-3-6-10/h1-3,5-6,9,12-13H,4,7-8H2/t12-/m1/s1. The summed E-state index contributed by atoms with van der Waals surface area (Å²) >= 11 is 0. The zero-order valence-electron chi connectivity index (χ0n) is 7.61. The number of hydrogen-bond donors (Lipinski definition) is 1. The second-order valence-electron chi connectivity index (χ2n) is 3.54. The molecule has 1 N–H and O–H groups in total. The molecule has 0 amide bonds. The molecule has 13 heavy (non-hydrogen) atoms. The summed E-state index contributed by atoms with van der Waals surface area (Å²) in [7, 11) is 0. The molecule has 1 aliphatic carbocycles. The first-order valence-electron chi connectivity index (χ1n) is 4.80. The van der Waals surface area contributed by atoms with Gasteiger partial charge in [-0.1, -0.05) is 36.4 Å². The van der Waals surface area contributed by atoms with Gasteiger partial charge in [-0.25, -0.2) is 0 Å². The summed E-state index contributed by atoms with van der Waals surface area (Å²) in [6.07, 6.45) is 5.02. The lowest BCUT2D eigenvalue weighted by molar-refractivity contribution is 0.219. The first kappa shape index (κ1) is 8.52. The maximum atomic E-state index is 9.58. The second kappa shape index (κ2) is 3.75. The number of aliphatic hydroxyl groups is 1. The first-order valence-corrected chi connectivity index (χ1v) is 4.80. The van der Waals surface area contributed by atoms with Crippen LogP contribution in [0.1, 0.15) is 24.8 Å². The largest absolute Gasteiger partial charge is 0.389 e. The fourth-order valence-electron chi connectivity index (χ4n) is 1.78.